The molecule has 0 aliphatic carbocycles. The van der Waals surface area contributed by atoms with Crippen molar-refractivity contribution >= 4 is 26.5 Å². The third-order valence-corrected chi connectivity index (χ3v) is 6.30. The van der Waals surface area contributed by atoms with Gasteiger partial charge in [-0.3, -0.25) is 14.5 Å². The second kappa shape index (κ2) is 10.1. The largest absolute Gasteiger partial charge is 0.487 e. The molecular weight excluding hydrogens is 505 g/mol. The Bertz CT molecular complexity index is 1770. The number of amides is 1. The molecule has 1 amide bonds. The van der Waals surface area contributed by atoms with Crippen molar-refractivity contribution in [2.24, 2.45) is 11.4 Å². The summed E-state index contributed by atoms with van der Waals surface area (Å²) in [6, 6.07) is 16.9. The molecule has 10 heteroatoms. The molecule has 3 heterocycles. The molecule has 8 nitrogen and oxygen atoms in total. The molecule has 0 saturated carbocycles. The molecule has 2 aromatic carbocycles. The third-order valence-electron chi connectivity index (χ3n) is 5.69. The second-order valence-corrected chi connectivity index (χ2v) is 11.6. The van der Waals surface area contributed by atoms with Gasteiger partial charge in [-0.05, 0) is 66.2 Å². The molecule has 0 saturated heterocycles. The van der Waals surface area contributed by atoms with Gasteiger partial charge in [-0.25, -0.2) is 13.6 Å². The lowest BCUT2D eigenvalue weighted by Gasteiger charge is -2.10. The lowest BCUT2D eigenvalue weighted by atomic mass is 10.0. The van der Waals surface area contributed by atoms with E-state index in [4.69, 9.17) is 4.74 Å². The van der Waals surface area contributed by atoms with E-state index in [2.05, 4.69) is 19.4 Å². The van der Waals surface area contributed by atoms with Crippen LogP contribution in [0.3, 0.4) is 0 Å². The maximum atomic E-state index is 13.9. The van der Waals surface area contributed by atoms with Crippen molar-refractivity contribution in [3.05, 3.63) is 96.3 Å². The van der Waals surface area contributed by atoms with Gasteiger partial charge in [0.25, 0.3) is 5.91 Å². The lowest BCUT2D eigenvalue weighted by molar-refractivity contribution is 0.101. The van der Waals surface area contributed by atoms with Gasteiger partial charge >= 0.3 is 0 Å². The van der Waals surface area contributed by atoms with Crippen LogP contribution in [-0.2, 0) is 23.4 Å². The minimum absolute atomic E-state index is 0.0619. The Labute approximate surface area is 219 Å². The molecule has 38 heavy (non-hydrogen) atoms. The minimum Gasteiger partial charge on any atom is -0.487 e. The zero-order chi connectivity index (χ0) is 26.9. The first-order valence-electron chi connectivity index (χ1n) is 11.6. The normalized spacial score (nSPS) is 11.5. The van der Waals surface area contributed by atoms with Crippen LogP contribution in [0.1, 0.15) is 16.1 Å². The van der Waals surface area contributed by atoms with E-state index in [1.807, 2.05) is 49.6 Å². The molecule has 0 atom stereocenters. The topological polar surface area (TPSA) is 99.3 Å². The zero-order valence-electron chi connectivity index (χ0n) is 21.0. The number of carbonyl (C=O) groups is 1. The lowest BCUT2D eigenvalue weighted by Crippen LogP contribution is -2.06. The van der Waals surface area contributed by atoms with Crippen molar-refractivity contribution in [3.63, 3.8) is 0 Å². The Morgan fingerprint density at radius 2 is 1.76 bits per heavy atom. The van der Waals surface area contributed by atoms with Crippen LogP contribution in [0.15, 0.2) is 83.6 Å². The predicted molar refractivity (Wildman–Crippen MR) is 145 cm³/mol. The molecule has 192 valence electrons. The van der Waals surface area contributed by atoms with Crippen LogP contribution in [0.2, 0.25) is 0 Å². The van der Waals surface area contributed by atoms with Gasteiger partial charge in [0.2, 0.25) is 0 Å². The van der Waals surface area contributed by atoms with Gasteiger partial charge < -0.3 is 4.74 Å². The van der Waals surface area contributed by atoms with Crippen molar-refractivity contribution in [3.8, 4) is 28.1 Å². The molecule has 0 fully saturated rings. The number of aromatic nitrogens is 4. The Kier molecular flexibility index (Phi) is 6.73. The number of hydrogen-bond donors (Lipinski definition) is 0. The Balaban J connectivity index is 1.40. The summed E-state index contributed by atoms with van der Waals surface area (Å²) in [6.45, 7) is 0.0619. The van der Waals surface area contributed by atoms with E-state index in [-0.39, 0.29) is 12.2 Å². The van der Waals surface area contributed by atoms with Crippen molar-refractivity contribution in [1.29, 1.82) is 0 Å². The Morgan fingerprint density at radius 3 is 2.47 bits per heavy atom. The van der Waals surface area contributed by atoms with Crippen molar-refractivity contribution < 1.29 is 18.1 Å². The predicted octanol–water partition coefficient (Wildman–Crippen LogP) is 5.28. The van der Waals surface area contributed by atoms with E-state index < -0.39 is 21.5 Å². The van der Waals surface area contributed by atoms with E-state index in [1.165, 1.54) is 36.8 Å². The first-order valence-corrected chi connectivity index (χ1v) is 14.0. The fourth-order valence-electron chi connectivity index (χ4n) is 4.06. The molecule has 0 aliphatic heterocycles. The molecule has 0 N–H and O–H groups in total. The average Bonchev–Trinajstić information content (AvgIpc) is 3.28. The molecule has 0 bridgehead atoms. The summed E-state index contributed by atoms with van der Waals surface area (Å²) in [4.78, 5) is 21.4. The van der Waals surface area contributed by atoms with Gasteiger partial charge in [-0.2, -0.15) is 9.46 Å². The molecule has 5 rings (SSSR count). The number of aryl methyl sites for hydroxylation is 1. The van der Waals surface area contributed by atoms with Crippen LogP contribution < -0.4 is 4.74 Å². The van der Waals surface area contributed by atoms with Crippen LogP contribution in [0.5, 0.6) is 5.75 Å². The Morgan fingerprint density at radius 1 is 1.03 bits per heavy atom. The van der Waals surface area contributed by atoms with Gasteiger partial charge in [-0.1, -0.05) is 0 Å². The summed E-state index contributed by atoms with van der Waals surface area (Å²) in [5, 5.41) is 4.93. The number of rotatable bonds is 6. The van der Waals surface area contributed by atoms with E-state index in [9.17, 15) is 13.4 Å². The standard InChI is InChI=1S/C28H24FN5O3S/c1-34-16-25(18-10-12-30-13-11-18)27(32-34)19-4-7-22(8-5-19)37-17-21-15-24(28(35)33-38(2,3)36)23-14-20(29)6-9-26(23)31-21/h4-16H,17H2,1-3H3. The van der Waals surface area contributed by atoms with Crippen LogP contribution in [0.4, 0.5) is 4.39 Å². The summed E-state index contributed by atoms with van der Waals surface area (Å²) in [7, 11) is -0.817. The van der Waals surface area contributed by atoms with Gasteiger partial charge in [0.1, 0.15) is 23.9 Å². The van der Waals surface area contributed by atoms with E-state index in [0.29, 0.717) is 22.3 Å². The quantitative estimate of drug-likeness (QED) is 0.297. The highest BCUT2D eigenvalue weighted by molar-refractivity contribution is 7.92. The van der Waals surface area contributed by atoms with E-state index in [0.717, 1.165) is 22.4 Å². The highest BCUT2D eigenvalue weighted by Gasteiger charge is 2.16. The average molecular weight is 530 g/mol. The van der Waals surface area contributed by atoms with E-state index in [1.54, 1.807) is 17.1 Å². The molecular formula is C28H24FN5O3S. The van der Waals surface area contributed by atoms with Crippen LogP contribution in [-0.4, -0.2) is 42.4 Å². The number of fused-ring (bicyclic) bond motifs is 1. The fraction of sp³-hybridized carbons (Fsp3) is 0.143. The van der Waals surface area contributed by atoms with Crippen LogP contribution in [0.25, 0.3) is 33.3 Å². The minimum atomic E-state index is -2.69. The number of ether oxygens (including phenoxy) is 1. The molecule has 5 aromatic rings. The maximum absolute atomic E-state index is 13.9. The number of hydrogen-bond acceptors (Lipinski definition) is 6. The highest BCUT2D eigenvalue weighted by atomic mass is 32.2. The SMILES string of the molecule is Cn1cc(-c2ccncc2)c(-c2ccc(OCc3cc(C(=O)N=S(C)(C)=O)c4cc(F)ccc4n3)cc2)n1. The number of carbonyl (C=O) groups excluding carboxylic acids is 1. The van der Waals surface area contributed by atoms with Crippen LogP contribution in [0, 0.1) is 5.82 Å². The molecule has 0 spiro atoms. The van der Waals surface area contributed by atoms with E-state index >= 15 is 0 Å². The van der Waals surface area contributed by atoms with Crippen molar-refractivity contribution in [2.45, 2.75) is 6.61 Å². The van der Waals surface area contributed by atoms with Gasteiger partial charge in [0.05, 0.1) is 16.8 Å². The number of halogens is 1. The molecule has 0 aliphatic rings. The highest BCUT2D eigenvalue weighted by Crippen LogP contribution is 2.31. The summed E-state index contributed by atoms with van der Waals surface area (Å²) >= 11 is 0. The summed E-state index contributed by atoms with van der Waals surface area (Å²) in [5.74, 6) is -0.603. The smallest absolute Gasteiger partial charge is 0.285 e. The number of pyridine rings is 2. The Hall–Kier alpha value is -4.44. The monoisotopic (exact) mass is 529 g/mol. The second-order valence-electron chi connectivity index (χ2n) is 9.01. The maximum Gasteiger partial charge on any atom is 0.285 e. The van der Waals surface area contributed by atoms with Gasteiger partial charge in [0.15, 0.2) is 0 Å². The number of nitrogens with zero attached hydrogens (tertiary/aromatic N) is 5. The summed E-state index contributed by atoms with van der Waals surface area (Å²) in [5.41, 5.74) is 4.76. The summed E-state index contributed by atoms with van der Waals surface area (Å²) in [6.07, 6.45) is 8.19. The van der Waals surface area contributed by atoms with Crippen molar-refractivity contribution in [1.82, 2.24) is 19.7 Å². The fourth-order valence-corrected chi connectivity index (χ4v) is 4.56. The molecule has 0 unspecified atom stereocenters. The van der Waals surface area contributed by atoms with Crippen molar-refractivity contribution in [2.75, 3.05) is 12.5 Å². The first kappa shape index (κ1) is 25.2. The summed E-state index contributed by atoms with van der Waals surface area (Å²) < 4.78 is 37.5. The molecule has 0 radical (unpaired) electrons. The molecule has 3 aromatic heterocycles. The third kappa shape index (κ3) is 5.60. The first-order chi connectivity index (χ1) is 18.2. The van der Waals surface area contributed by atoms with Crippen LogP contribution >= 0.6 is 0 Å². The number of benzene rings is 2. The van der Waals surface area contributed by atoms with Gasteiger partial charge in [-0.15, -0.1) is 0 Å². The zero-order valence-corrected chi connectivity index (χ0v) is 21.8. The van der Waals surface area contributed by atoms with Gasteiger partial charge in [0, 0.05) is 64.4 Å².